The molecule has 19 heavy (non-hydrogen) atoms. The van der Waals surface area contributed by atoms with E-state index in [0.29, 0.717) is 11.4 Å². The van der Waals surface area contributed by atoms with Gasteiger partial charge in [-0.05, 0) is 41.8 Å². The van der Waals surface area contributed by atoms with Crippen LogP contribution in [0.25, 0.3) is 0 Å². The zero-order valence-corrected chi connectivity index (χ0v) is 11.6. The van der Waals surface area contributed by atoms with Crippen LogP contribution in [0.4, 0.5) is 4.39 Å². The van der Waals surface area contributed by atoms with Crippen LogP contribution in [0.3, 0.4) is 0 Å². The molecule has 2 aromatic rings. The second kappa shape index (κ2) is 6.38. The highest BCUT2D eigenvalue weighted by Gasteiger charge is 2.12. The topological polar surface area (TPSA) is 20.2 Å². The third kappa shape index (κ3) is 3.69. The molecule has 0 saturated heterocycles. The van der Waals surface area contributed by atoms with Gasteiger partial charge in [0.1, 0.15) is 5.82 Å². The summed E-state index contributed by atoms with van der Waals surface area (Å²) in [4.78, 5) is 0. The predicted molar refractivity (Wildman–Crippen MR) is 76.4 cm³/mol. The van der Waals surface area contributed by atoms with Gasteiger partial charge in [-0.25, -0.2) is 4.39 Å². The Kier molecular flexibility index (Phi) is 4.81. The summed E-state index contributed by atoms with van der Waals surface area (Å²) in [7, 11) is 0. The van der Waals surface area contributed by atoms with Crippen molar-refractivity contribution in [3.63, 3.8) is 0 Å². The van der Waals surface area contributed by atoms with Crippen LogP contribution in [0.5, 0.6) is 0 Å². The van der Waals surface area contributed by atoms with Crippen LogP contribution >= 0.6 is 23.2 Å². The largest absolute Gasteiger partial charge is 0.396 e. The lowest BCUT2D eigenvalue weighted by Crippen LogP contribution is -2.08. The lowest BCUT2D eigenvalue weighted by atomic mass is 9.93. The smallest absolute Gasteiger partial charge is 0.142 e. The van der Waals surface area contributed by atoms with Crippen molar-refractivity contribution in [2.24, 2.45) is 0 Å². The highest BCUT2D eigenvalue weighted by molar-refractivity contribution is 6.30. The SMILES string of the molecule is OCC(Cc1ccc(Cl)c(F)c1)c1ccc(Cl)cc1. The Morgan fingerprint density at radius 3 is 2.32 bits per heavy atom. The summed E-state index contributed by atoms with van der Waals surface area (Å²) in [5, 5.41) is 10.2. The molecule has 1 unspecified atom stereocenters. The summed E-state index contributed by atoms with van der Waals surface area (Å²) in [6.45, 7) is -0.00806. The summed E-state index contributed by atoms with van der Waals surface area (Å²) in [5.41, 5.74) is 1.78. The van der Waals surface area contributed by atoms with E-state index in [0.717, 1.165) is 11.1 Å². The van der Waals surface area contributed by atoms with Crippen LogP contribution in [0.15, 0.2) is 42.5 Å². The summed E-state index contributed by atoms with van der Waals surface area (Å²) in [6, 6.07) is 12.0. The van der Waals surface area contributed by atoms with Crippen molar-refractivity contribution in [1.82, 2.24) is 0 Å². The Labute approximate surface area is 121 Å². The van der Waals surface area contributed by atoms with Crippen LogP contribution in [0, 0.1) is 5.82 Å². The molecule has 1 N–H and O–H groups in total. The van der Waals surface area contributed by atoms with E-state index in [2.05, 4.69) is 0 Å². The van der Waals surface area contributed by atoms with Crippen molar-refractivity contribution in [3.05, 3.63) is 69.5 Å². The normalized spacial score (nSPS) is 12.4. The molecule has 1 atom stereocenters. The fourth-order valence-corrected chi connectivity index (χ4v) is 2.22. The van der Waals surface area contributed by atoms with Crippen molar-refractivity contribution < 1.29 is 9.50 Å². The van der Waals surface area contributed by atoms with Crippen LogP contribution in [0.2, 0.25) is 10.0 Å². The Morgan fingerprint density at radius 2 is 1.74 bits per heavy atom. The van der Waals surface area contributed by atoms with Gasteiger partial charge in [0.05, 0.1) is 11.6 Å². The molecule has 0 fully saturated rings. The maximum Gasteiger partial charge on any atom is 0.142 e. The first kappa shape index (κ1) is 14.3. The molecule has 0 heterocycles. The van der Waals surface area contributed by atoms with Gasteiger partial charge in [0.2, 0.25) is 0 Å². The quantitative estimate of drug-likeness (QED) is 0.884. The Hall–Kier alpha value is -1.09. The van der Waals surface area contributed by atoms with Crippen LogP contribution < -0.4 is 0 Å². The van der Waals surface area contributed by atoms with E-state index in [1.807, 2.05) is 12.1 Å². The maximum absolute atomic E-state index is 13.4. The van der Waals surface area contributed by atoms with E-state index in [4.69, 9.17) is 23.2 Å². The van der Waals surface area contributed by atoms with Gasteiger partial charge in [-0.3, -0.25) is 0 Å². The number of benzene rings is 2. The standard InChI is InChI=1S/C15H13Cl2FO/c16-13-4-2-11(3-5-13)12(9-19)7-10-1-6-14(17)15(18)8-10/h1-6,8,12,19H,7,9H2. The molecule has 2 aromatic carbocycles. The molecule has 0 saturated carbocycles. The second-order valence-corrected chi connectivity index (χ2v) is 5.23. The van der Waals surface area contributed by atoms with Gasteiger partial charge in [0.15, 0.2) is 0 Å². The summed E-state index contributed by atoms with van der Waals surface area (Å²) in [6.07, 6.45) is 0.548. The first-order chi connectivity index (χ1) is 9.10. The third-order valence-electron chi connectivity index (χ3n) is 3.03. The van der Waals surface area contributed by atoms with Gasteiger partial charge in [0.25, 0.3) is 0 Å². The average Bonchev–Trinajstić information content (AvgIpc) is 2.41. The minimum Gasteiger partial charge on any atom is -0.396 e. The molecule has 0 aliphatic rings. The molecule has 0 spiro atoms. The Balaban J connectivity index is 2.18. The van der Waals surface area contributed by atoms with Gasteiger partial charge in [-0.15, -0.1) is 0 Å². The minimum atomic E-state index is -0.438. The van der Waals surface area contributed by atoms with E-state index >= 15 is 0 Å². The lowest BCUT2D eigenvalue weighted by Gasteiger charge is -2.15. The molecule has 0 aliphatic carbocycles. The van der Waals surface area contributed by atoms with Crippen molar-refractivity contribution in [2.45, 2.75) is 12.3 Å². The highest BCUT2D eigenvalue weighted by Crippen LogP contribution is 2.24. The number of hydrogen-bond acceptors (Lipinski definition) is 1. The molecule has 1 nitrogen and oxygen atoms in total. The highest BCUT2D eigenvalue weighted by atomic mass is 35.5. The van der Waals surface area contributed by atoms with Crippen LogP contribution in [0.1, 0.15) is 17.0 Å². The van der Waals surface area contributed by atoms with E-state index < -0.39 is 5.82 Å². The number of aliphatic hydroxyl groups excluding tert-OH is 1. The fourth-order valence-electron chi connectivity index (χ4n) is 1.97. The van der Waals surface area contributed by atoms with Gasteiger partial charge in [-0.2, -0.15) is 0 Å². The first-order valence-electron chi connectivity index (χ1n) is 5.90. The summed E-state index contributed by atoms with van der Waals surface area (Å²) >= 11 is 11.5. The molecule has 2 rings (SSSR count). The van der Waals surface area contributed by atoms with E-state index in [1.54, 1.807) is 18.2 Å². The van der Waals surface area contributed by atoms with Crippen molar-refractivity contribution in [1.29, 1.82) is 0 Å². The Bertz CT molecular complexity index is 555. The molecule has 100 valence electrons. The third-order valence-corrected chi connectivity index (χ3v) is 3.59. The molecule has 0 amide bonds. The molecule has 0 aromatic heterocycles. The number of rotatable bonds is 4. The molecule has 4 heteroatoms. The zero-order valence-electron chi connectivity index (χ0n) is 10.1. The van der Waals surface area contributed by atoms with Gasteiger partial charge >= 0.3 is 0 Å². The average molecular weight is 299 g/mol. The lowest BCUT2D eigenvalue weighted by molar-refractivity contribution is 0.264. The Morgan fingerprint density at radius 1 is 1.05 bits per heavy atom. The summed E-state index contributed by atoms with van der Waals surface area (Å²) in [5.74, 6) is -0.523. The molecule has 0 aliphatic heterocycles. The monoisotopic (exact) mass is 298 g/mol. The minimum absolute atomic E-state index is 0.00806. The van der Waals surface area contributed by atoms with Gasteiger partial charge < -0.3 is 5.11 Å². The first-order valence-corrected chi connectivity index (χ1v) is 6.66. The predicted octanol–water partition coefficient (Wildman–Crippen LogP) is 4.45. The van der Waals surface area contributed by atoms with E-state index in [-0.39, 0.29) is 17.5 Å². The van der Waals surface area contributed by atoms with Crippen LogP contribution in [-0.4, -0.2) is 11.7 Å². The van der Waals surface area contributed by atoms with Gasteiger partial charge in [-0.1, -0.05) is 41.4 Å². The molecular formula is C15H13Cl2FO. The maximum atomic E-state index is 13.4. The number of hydrogen-bond donors (Lipinski definition) is 1. The fraction of sp³-hybridized carbons (Fsp3) is 0.200. The van der Waals surface area contributed by atoms with Crippen molar-refractivity contribution >= 4 is 23.2 Å². The van der Waals surface area contributed by atoms with Crippen molar-refractivity contribution in [2.75, 3.05) is 6.61 Å². The number of aliphatic hydroxyl groups is 1. The molecular weight excluding hydrogens is 286 g/mol. The molecule has 0 bridgehead atoms. The zero-order chi connectivity index (χ0) is 13.8. The van der Waals surface area contributed by atoms with E-state index in [1.165, 1.54) is 12.1 Å². The molecule has 0 radical (unpaired) electrons. The van der Waals surface area contributed by atoms with E-state index in [9.17, 15) is 9.50 Å². The van der Waals surface area contributed by atoms with Crippen LogP contribution in [-0.2, 0) is 6.42 Å². The van der Waals surface area contributed by atoms with Crippen molar-refractivity contribution in [3.8, 4) is 0 Å². The number of halogens is 3. The second-order valence-electron chi connectivity index (χ2n) is 4.38. The van der Waals surface area contributed by atoms with Gasteiger partial charge in [0, 0.05) is 10.9 Å². The summed E-state index contributed by atoms with van der Waals surface area (Å²) < 4.78 is 13.4.